The Hall–Kier alpha value is -3.23. The van der Waals surface area contributed by atoms with Crippen molar-refractivity contribution in [3.8, 4) is 17.0 Å². The molecule has 0 radical (unpaired) electrons. The molecule has 0 saturated heterocycles. The first-order valence-corrected chi connectivity index (χ1v) is 11.7. The topological polar surface area (TPSA) is 76.9 Å². The number of ether oxygens (including phenoxy) is 1. The van der Waals surface area contributed by atoms with Crippen LogP contribution in [-0.4, -0.2) is 38.9 Å². The highest BCUT2D eigenvalue weighted by molar-refractivity contribution is 9.10. The minimum atomic E-state index is -0.0975. The zero-order chi connectivity index (χ0) is 22.6. The zero-order valence-corrected chi connectivity index (χ0v) is 19.9. The highest BCUT2D eigenvalue weighted by Gasteiger charge is 2.29. The smallest absolute Gasteiger partial charge is 0.237 e. The van der Waals surface area contributed by atoms with Crippen molar-refractivity contribution in [2.45, 2.75) is 18.6 Å². The Labute approximate surface area is 201 Å². The highest BCUT2D eigenvalue weighted by atomic mass is 79.9. The monoisotopic (exact) mass is 504 g/mol. The molecule has 0 aliphatic carbocycles. The molecular formula is C25H25BrN6O. The van der Waals surface area contributed by atoms with Crippen molar-refractivity contribution >= 4 is 21.6 Å². The van der Waals surface area contributed by atoms with Gasteiger partial charge in [0.25, 0.3) is 0 Å². The van der Waals surface area contributed by atoms with Crippen LogP contribution in [0.3, 0.4) is 0 Å². The molecule has 8 heteroatoms. The average Bonchev–Trinajstić information content (AvgIpc) is 3.29. The van der Waals surface area contributed by atoms with Crippen molar-refractivity contribution in [2.24, 2.45) is 7.05 Å². The zero-order valence-electron chi connectivity index (χ0n) is 18.3. The number of hydrogen-bond acceptors (Lipinski definition) is 6. The molecular weight excluding hydrogens is 480 g/mol. The van der Waals surface area contributed by atoms with Gasteiger partial charge in [-0.15, -0.1) is 0 Å². The Bertz CT molecular complexity index is 1210. The van der Waals surface area contributed by atoms with Gasteiger partial charge < -0.3 is 15.4 Å². The third kappa shape index (κ3) is 5.07. The van der Waals surface area contributed by atoms with Gasteiger partial charge in [-0.05, 0) is 52.2 Å². The number of nitrogens with one attached hydrogen (secondary N) is 2. The van der Waals surface area contributed by atoms with E-state index in [1.165, 1.54) is 11.1 Å². The van der Waals surface area contributed by atoms with Crippen LogP contribution in [0, 0.1) is 0 Å². The van der Waals surface area contributed by atoms with E-state index in [9.17, 15) is 0 Å². The van der Waals surface area contributed by atoms with E-state index in [1.807, 2.05) is 44.0 Å². The van der Waals surface area contributed by atoms with Crippen molar-refractivity contribution in [1.82, 2.24) is 25.1 Å². The average molecular weight is 505 g/mol. The fraction of sp³-hybridized carbons (Fsp3) is 0.240. The molecule has 1 aliphatic heterocycles. The first-order chi connectivity index (χ1) is 16.2. The summed E-state index contributed by atoms with van der Waals surface area (Å²) in [5, 5.41) is 11.5. The second kappa shape index (κ2) is 9.72. The summed E-state index contributed by atoms with van der Waals surface area (Å²) in [5.41, 5.74) is 5.32. The molecule has 1 aromatic carbocycles. The van der Waals surface area contributed by atoms with Crippen LogP contribution in [0.2, 0.25) is 0 Å². The number of rotatable bonds is 7. The molecule has 5 rings (SSSR count). The number of fused-ring (bicyclic) bond motifs is 1. The van der Waals surface area contributed by atoms with E-state index >= 15 is 0 Å². The summed E-state index contributed by atoms with van der Waals surface area (Å²) in [7, 11) is 1.91. The molecule has 4 aromatic rings. The molecule has 1 aliphatic rings. The Morgan fingerprint density at radius 2 is 2.00 bits per heavy atom. The molecule has 0 spiro atoms. The first kappa shape index (κ1) is 21.6. The van der Waals surface area contributed by atoms with Crippen LogP contribution in [0.5, 0.6) is 5.88 Å². The number of aryl methyl sites for hydroxylation is 1. The molecule has 0 unspecified atom stereocenters. The van der Waals surface area contributed by atoms with E-state index < -0.39 is 0 Å². The van der Waals surface area contributed by atoms with Crippen molar-refractivity contribution in [3.63, 3.8) is 0 Å². The molecule has 33 heavy (non-hydrogen) atoms. The van der Waals surface area contributed by atoms with E-state index in [-0.39, 0.29) is 12.1 Å². The maximum atomic E-state index is 6.39. The SMILES string of the molecule is Cn1cc(-c2cnc3c(c2)NC[C@@H]([C@H](NCCc2ccc(Br)nc2)c2ccccc2)O3)cn1. The molecule has 0 fully saturated rings. The second-order valence-corrected chi connectivity index (χ2v) is 8.91. The van der Waals surface area contributed by atoms with Crippen LogP contribution >= 0.6 is 15.9 Å². The predicted molar refractivity (Wildman–Crippen MR) is 132 cm³/mol. The standard InChI is InChI=1S/C25H25BrN6O/c1-32-16-20(14-31-32)19-11-21-25(30-13-19)33-22(15-28-21)24(18-5-3-2-4-6-18)27-10-9-17-7-8-23(26)29-12-17/h2-8,11-14,16,22,24,27-28H,9-10,15H2,1H3/t22-,24+/m0/s1. The van der Waals surface area contributed by atoms with E-state index in [2.05, 4.69) is 78.0 Å². The van der Waals surface area contributed by atoms with Crippen molar-refractivity contribution < 1.29 is 4.74 Å². The molecule has 3 aromatic heterocycles. The first-order valence-electron chi connectivity index (χ1n) is 10.9. The molecule has 168 valence electrons. The van der Waals surface area contributed by atoms with Gasteiger partial charge in [-0.25, -0.2) is 9.97 Å². The number of pyridine rings is 2. The molecule has 0 amide bonds. The fourth-order valence-electron chi connectivity index (χ4n) is 4.03. The molecule has 7 nitrogen and oxygen atoms in total. The number of halogens is 1. The number of hydrogen-bond donors (Lipinski definition) is 2. The van der Waals surface area contributed by atoms with Gasteiger partial charge in [0, 0.05) is 36.8 Å². The van der Waals surface area contributed by atoms with Gasteiger partial charge >= 0.3 is 0 Å². The Kier molecular flexibility index (Phi) is 6.37. The number of anilines is 1. The predicted octanol–water partition coefficient (Wildman–Crippen LogP) is 4.39. The van der Waals surface area contributed by atoms with Gasteiger partial charge in [-0.1, -0.05) is 36.4 Å². The summed E-state index contributed by atoms with van der Waals surface area (Å²) in [6.45, 7) is 1.49. The molecule has 2 N–H and O–H groups in total. The maximum Gasteiger partial charge on any atom is 0.237 e. The number of aromatic nitrogens is 4. The Balaban J connectivity index is 1.31. The van der Waals surface area contributed by atoms with Crippen LogP contribution in [0.1, 0.15) is 17.2 Å². The van der Waals surface area contributed by atoms with E-state index in [1.54, 1.807) is 4.68 Å². The minimum Gasteiger partial charge on any atom is -0.469 e. The van der Waals surface area contributed by atoms with E-state index in [0.717, 1.165) is 34.4 Å². The van der Waals surface area contributed by atoms with Gasteiger partial charge in [0.05, 0.1) is 24.5 Å². The number of nitrogens with zero attached hydrogens (tertiary/aromatic N) is 4. The van der Waals surface area contributed by atoms with Crippen LogP contribution in [0.25, 0.3) is 11.1 Å². The Morgan fingerprint density at radius 1 is 1.12 bits per heavy atom. The Morgan fingerprint density at radius 3 is 2.76 bits per heavy atom. The number of benzene rings is 1. The molecule has 0 saturated carbocycles. The molecule has 2 atom stereocenters. The van der Waals surface area contributed by atoms with Gasteiger partial charge in [0.1, 0.15) is 10.7 Å². The van der Waals surface area contributed by atoms with Crippen molar-refractivity contribution in [1.29, 1.82) is 0 Å². The lowest BCUT2D eigenvalue weighted by Crippen LogP contribution is -2.43. The quantitative estimate of drug-likeness (QED) is 0.363. The third-order valence-corrected chi connectivity index (χ3v) is 6.21. The summed E-state index contributed by atoms with van der Waals surface area (Å²) < 4.78 is 9.02. The van der Waals surface area contributed by atoms with Crippen LogP contribution in [0.4, 0.5) is 5.69 Å². The second-order valence-electron chi connectivity index (χ2n) is 8.10. The van der Waals surface area contributed by atoms with Gasteiger partial charge in [-0.2, -0.15) is 5.10 Å². The summed E-state index contributed by atoms with van der Waals surface area (Å²) in [5.74, 6) is 0.624. The molecule has 4 heterocycles. The third-order valence-electron chi connectivity index (χ3n) is 5.74. The fourth-order valence-corrected chi connectivity index (χ4v) is 4.27. The lowest BCUT2D eigenvalue weighted by molar-refractivity contribution is 0.150. The van der Waals surface area contributed by atoms with Crippen molar-refractivity contribution in [2.75, 3.05) is 18.4 Å². The van der Waals surface area contributed by atoms with Crippen LogP contribution < -0.4 is 15.4 Å². The summed E-state index contributed by atoms with van der Waals surface area (Å²) in [4.78, 5) is 8.93. The largest absolute Gasteiger partial charge is 0.469 e. The lowest BCUT2D eigenvalue weighted by Gasteiger charge is -2.33. The minimum absolute atomic E-state index is 0.0232. The van der Waals surface area contributed by atoms with E-state index in [4.69, 9.17) is 4.74 Å². The van der Waals surface area contributed by atoms with Crippen LogP contribution in [0.15, 0.2) is 77.9 Å². The summed E-state index contributed by atoms with van der Waals surface area (Å²) in [6.07, 6.45) is 8.35. The van der Waals surface area contributed by atoms with Crippen LogP contribution in [-0.2, 0) is 13.5 Å². The molecule has 0 bridgehead atoms. The van der Waals surface area contributed by atoms with E-state index in [0.29, 0.717) is 12.4 Å². The lowest BCUT2D eigenvalue weighted by atomic mass is 9.99. The van der Waals surface area contributed by atoms with Gasteiger partial charge in [0.15, 0.2) is 0 Å². The summed E-state index contributed by atoms with van der Waals surface area (Å²) >= 11 is 3.39. The normalized spacial score (nSPS) is 15.9. The van der Waals surface area contributed by atoms with Gasteiger partial charge in [-0.3, -0.25) is 4.68 Å². The van der Waals surface area contributed by atoms with Gasteiger partial charge in [0.2, 0.25) is 5.88 Å². The maximum absolute atomic E-state index is 6.39. The highest BCUT2D eigenvalue weighted by Crippen LogP contribution is 2.34. The van der Waals surface area contributed by atoms with Crippen molar-refractivity contribution in [3.05, 3.63) is 89.0 Å². The summed E-state index contributed by atoms with van der Waals surface area (Å²) in [6, 6.07) is 16.6.